The highest BCUT2D eigenvalue weighted by atomic mass is 79.9. The van der Waals surface area contributed by atoms with Crippen LogP contribution in [0.15, 0.2) is 28.7 Å². The molecule has 2 nitrogen and oxygen atoms in total. The van der Waals surface area contributed by atoms with Crippen molar-refractivity contribution in [2.45, 2.75) is 52.0 Å². The van der Waals surface area contributed by atoms with Crippen molar-refractivity contribution in [2.24, 2.45) is 0 Å². The fraction of sp³-hybridized carbons (Fsp3) is 0.667. The fourth-order valence-electron chi connectivity index (χ4n) is 2.54. The van der Waals surface area contributed by atoms with Crippen LogP contribution in [0.3, 0.4) is 0 Å². The van der Waals surface area contributed by atoms with Crippen molar-refractivity contribution in [3.8, 4) is 0 Å². The summed E-state index contributed by atoms with van der Waals surface area (Å²) in [6.45, 7) is 7.92. The predicted molar refractivity (Wildman–Crippen MR) is 96.8 cm³/mol. The van der Waals surface area contributed by atoms with E-state index in [0.29, 0.717) is 6.04 Å². The third kappa shape index (κ3) is 7.44. The molecule has 0 saturated carbocycles. The lowest BCUT2D eigenvalue weighted by Gasteiger charge is -2.24. The van der Waals surface area contributed by atoms with Crippen LogP contribution >= 0.6 is 15.9 Å². The largest absolute Gasteiger partial charge is 0.310 e. The monoisotopic (exact) mass is 354 g/mol. The van der Waals surface area contributed by atoms with Crippen molar-refractivity contribution >= 4 is 15.9 Å². The number of halogens is 1. The average molecular weight is 355 g/mol. The van der Waals surface area contributed by atoms with E-state index in [9.17, 15) is 0 Å². The third-order valence-electron chi connectivity index (χ3n) is 3.86. The molecule has 3 heteroatoms. The lowest BCUT2D eigenvalue weighted by atomic mass is 10.0. The molecule has 0 radical (unpaired) electrons. The van der Waals surface area contributed by atoms with Gasteiger partial charge in [-0.1, -0.05) is 60.8 Å². The highest BCUT2D eigenvalue weighted by Crippen LogP contribution is 2.25. The van der Waals surface area contributed by atoms with Crippen LogP contribution in [0.4, 0.5) is 0 Å². The summed E-state index contributed by atoms with van der Waals surface area (Å²) in [5, 5.41) is 3.69. The lowest BCUT2D eigenvalue weighted by molar-refractivity contribution is 0.300. The van der Waals surface area contributed by atoms with Gasteiger partial charge >= 0.3 is 0 Å². The number of unbranched alkanes of at least 4 members (excludes halogenated alkanes) is 2. The zero-order valence-electron chi connectivity index (χ0n) is 13.9. The van der Waals surface area contributed by atoms with Crippen LogP contribution in [-0.4, -0.2) is 31.6 Å². The van der Waals surface area contributed by atoms with Crippen LogP contribution in [0.25, 0.3) is 0 Å². The van der Waals surface area contributed by atoms with Gasteiger partial charge in [0.25, 0.3) is 0 Å². The molecule has 21 heavy (non-hydrogen) atoms. The smallest absolute Gasteiger partial charge is 0.0343 e. The SMILES string of the molecule is CCCCCN(C)CCC(NCCC)c1ccccc1Br. The Morgan fingerprint density at radius 2 is 1.86 bits per heavy atom. The molecule has 1 rings (SSSR count). The molecule has 0 spiro atoms. The van der Waals surface area contributed by atoms with Gasteiger partial charge in [-0.2, -0.15) is 0 Å². The minimum Gasteiger partial charge on any atom is -0.310 e. The number of benzene rings is 1. The van der Waals surface area contributed by atoms with Gasteiger partial charge in [-0.3, -0.25) is 0 Å². The van der Waals surface area contributed by atoms with Gasteiger partial charge in [-0.15, -0.1) is 0 Å². The average Bonchev–Trinajstić information content (AvgIpc) is 2.49. The lowest BCUT2D eigenvalue weighted by Crippen LogP contribution is -2.28. The van der Waals surface area contributed by atoms with Crippen LogP contribution in [0.2, 0.25) is 0 Å². The van der Waals surface area contributed by atoms with Crippen molar-refractivity contribution in [3.05, 3.63) is 34.3 Å². The number of hydrogen-bond acceptors (Lipinski definition) is 2. The standard InChI is InChI=1S/C18H31BrN2/c1-4-6-9-14-21(3)15-12-18(20-13-5-2)16-10-7-8-11-17(16)19/h7-8,10-11,18,20H,4-6,9,12-15H2,1-3H3. The molecule has 0 fully saturated rings. The van der Waals surface area contributed by atoms with E-state index in [0.717, 1.165) is 19.5 Å². The second-order valence-electron chi connectivity index (χ2n) is 5.83. The number of nitrogens with one attached hydrogen (secondary N) is 1. The van der Waals surface area contributed by atoms with E-state index < -0.39 is 0 Å². The first-order valence-corrected chi connectivity index (χ1v) is 9.14. The molecule has 1 aromatic rings. The Morgan fingerprint density at radius 3 is 2.52 bits per heavy atom. The zero-order chi connectivity index (χ0) is 15.5. The summed E-state index contributed by atoms with van der Waals surface area (Å²) in [7, 11) is 2.24. The van der Waals surface area contributed by atoms with Crippen LogP contribution in [-0.2, 0) is 0 Å². The van der Waals surface area contributed by atoms with E-state index in [-0.39, 0.29) is 0 Å². The maximum Gasteiger partial charge on any atom is 0.0343 e. The number of nitrogens with zero attached hydrogens (tertiary/aromatic N) is 1. The Bertz CT molecular complexity index is 381. The van der Waals surface area contributed by atoms with E-state index in [1.165, 1.54) is 42.3 Å². The molecule has 1 unspecified atom stereocenters. The summed E-state index contributed by atoms with van der Waals surface area (Å²) < 4.78 is 1.22. The first-order chi connectivity index (χ1) is 10.2. The summed E-state index contributed by atoms with van der Waals surface area (Å²) in [6, 6.07) is 9.02. The van der Waals surface area contributed by atoms with Crippen molar-refractivity contribution < 1.29 is 0 Å². The molecule has 1 aromatic carbocycles. The van der Waals surface area contributed by atoms with Gasteiger partial charge in [0, 0.05) is 10.5 Å². The Kier molecular flexibility index (Phi) is 9.98. The topological polar surface area (TPSA) is 15.3 Å². The van der Waals surface area contributed by atoms with Gasteiger partial charge in [0.1, 0.15) is 0 Å². The molecule has 1 N–H and O–H groups in total. The first-order valence-electron chi connectivity index (χ1n) is 8.35. The van der Waals surface area contributed by atoms with Gasteiger partial charge in [-0.05, 0) is 57.6 Å². The normalized spacial score (nSPS) is 12.8. The molecule has 0 amide bonds. The molecule has 0 aliphatic carbocycles. The van der Waals surface area contributed by atoms with Crippen LogP contribution in [0.5, 0.6) is 0 Å². The van der Waals surface area contributed by atoms with E-state index >= 15 is 0 Å². The summed E-state index contributed by atoms with van der Waals surface area (Å²) in [6.07, 6.45) is 6.28. The maximum absolute atomic E-state index is 3.69. The number of rotatable bonds is 11. The van der Waals surface area contributed by atoms with Crippen LogP contribution < -0.4 is 5.32 Å². The molecule has 0 bridgehead atoms. The van der Waals surface area contributed by atoms with E-state index in [2.05, 4.69) is 71.3 Å². The fourth-order valence-corrected chi connectivity index (χ4v) is 3.10. The van der Waals surface area contributed by atoms with E-state index in [1.807, 2.05) is 0 Å². The highest BCUT2D eigenvalue weighted by Gasteiger charge is 2.14. The maximum atomic E-state index is 3.69. The molecule has 0 heterocycles. The number of hydrogen-bond donors (Lipinski definition) is 1. The quantitative estimate of drug-likeness (QED) is 0.562. The van der Waals surface area contributed by atoms with Gasteiger partial charge in [0.05, 0.1) is 0 Å². The van der Waals surface area contributed by atoms with Gasteiger partial charge < -0.3 is 10.2 Å². The summed E-state index contributed by atoms with van der Waals surface area (Å²) in [4.78, 5) is 2.47. The summed E-state index contributed by atoms with van der Waals surface area (Å²) in [5.74, 6) is 0. The van der Waals surface area contributed by atoms with Gasteiger partial charge in [0.2, 0.25) is 0 Å². The minimum atomic E-state index is 0.439. The molecular formula is C18H31BrN2. The van der Waals surface area contributed by atoms with Crippen LogP contribution in [0, 0.1) is 0 Å². The summed E-state index contributed by atoms with van der Waals surface area (Å²) in [5.41, 5.74) is 1.38. The third-order valence-corrected chi connectivity index (χ3v) is 4.59. The van der Waals surface area contributed by atoms with E-state index in [1.54, 1.807) is 0 Å². The molecule has 120 valence electrons. The van der Waals surface area contributed by atoms with Crippen molar-refractivity contribution in [2.75, 3.05) is 26.7 Å². The van der Waals surface area contributed by atoms with Gasteiger partial charge in [0.15, 0.2) is 0 Å². The molecule has 0 saturated heterocycles. The molecule has 0 aliphatic heterocycles. The molecule has 0 aromatic heterocycles. The Morgan fingerprint density at radius 1 is 1.10 bits per heavy atom. The van der Waals surface area contributed by atoms with E-state index in [4.69, 9.17) is 0 Å². The highest BCUT2D eigenvalue weighted by molar-refractivity contribution is 9.10. The molecular weight excluding hydrogens is 324 g/mol. The zero-order valence-corrected chi connectivity index (χ0v) is 15.5. The molecule has 0 aliphatic rings. The Balaban J connectivity index is 2.52. The second-order valence-corrected chi connectivity index (χ2v) is 6.68. The van der Waals surface area contributed by atoms with Crippen LogP contribution in [0.1, 0.15) is 57.6 Å². The second kappa shape index (κ2) is 11.2. The summed E-state index contributed by atoms with van der Waals surface area (Å²) >= 11 is 3.69. The van der Waals surface area contributed by atoms with Crippen molar-refractivity contribution in [3.63, 3.8) is 0 Å². The Labute approximate surface area is 139 Å². The Hall–Kier alpha value is -0.380. The molecule has 1 atom stereocenters. The van der Waals surface area contributed by atoms with Crippen molar-refractivity contribution in [1.82, 2.24) is 10.2 Å². The van der Waals surface area contributed by atoms with Crippen molar-refractivity contribution in [1.29, 1.82) is 0 Å². The van der Waals surface area contributed by atoms with Gasteiger partial charge in [-0.25, -0.2) is 0 Å². The predicted octanol–water partition coefficient (Wildman–Crippen LogP) is 5.00. The first kappa shape index (κ1) is 18.7. The minimum absolute atomic E-state index is 0.439.